The van der Waals surface area contributed by atoms with Gasteiger partial charge in [-0.1, -0.05) is 29.4 Å². The Kier molecular flexibility index (Phi) is 6.95. The Hall–Kier alpha value is -3.34. The first-order chi connectivity index (χ1) is 14.8. The first-order valence-corrected chi connectivity index (χ1v) is 10.4. The summed E-state index contributed by atoms with van der Waals surface area (Å²) in [7, 11) is 1.42. The van der Waals surface area contributed by atoms with Crippen LogP contribution in [0, 0.1) is 0 Å². The van der Waals surface area contributed by atoms with E-state index in [0.29, 0.717) is 16.7 Å². The smallest absolute Gasteiger partial charge is 0.352 e. The van der Waals surface area contributed by atoms with Crippen LogP contribution in [-0.2, 0) is 35.2 Å². The van der Waals surface area contributed by atoms with Crippen molar-refractivity contribution in [1.82, 2.24) is 10.2 Å². The van der Waals surface area contributed by atoms with Gasteiger partial charge in [0.2, 0.25) is 5.91 Å². The number of amides is 2. The van der Waals surface area contributed by atoms with Crippen LogP contribution in [0.25, 0.3) is 0 Å². The van der Waals surface area contributed by atoms with E-state index in [1.54, 1.807) is 24.3 Å². The van der Waals surface area contributed by atoms with E-state index in [2.05, 4.69) is 15.3 Å². The molecule has 31 heavy (non-hydrogen) atoms. The lowest BCUT2D eigenvalue weighted by molar-refractivity contribution is -0.151. The third-order valence-electron chi connectivity index (χ3n) is 4.72. The summed E-state index contributed by atoms with van der Waals surface area (Å²) in [4.78, 5) is 53.8. The number of esters is 1. The van der Waals surface area contributed by atoms with E-state index in [9.17, 15) is 24.3 Å². The summed E-state index contributed by atoms with van der Waals surface area (Å²) in [5.74, 6) is -2.44. The number of carboxylic acids is 1. The van der Waals surface area contributed by atoms with E-state index in [1.807, 2.05) is 0 Å². The molecule has 1 fully saturated rings. The summed E-state index contributed by atoms with van der Waals surface area (Å²) >= 11 is 1.31. The van der Waals surface area contributed by atoms with E-state index in [0.717, 1.165) is 4.90 Å². The number of oxime groups is 1. The molecule has 0 spiro atoms. The Morgan fingerprint density at radius 1 is 1.35 bits per heavy atom. The second kappa shape index (κ2) is 9.65. The first-order valence-electron chi connectivity index (χ1n) is 9.30. The molecule has 1 aromatic rings. The van der Waals surface area contributed by atoms with Crippen molar-refractivity contribution < 1.29 is 33.9 Å². The molecule has 11 heteroatoms. The van der Waals surface area contributed by atoms with Crippen LogP contribution in [-0.4, -0.2) is 70.9 Å². The van der Waals surface area contributed by atoms with Crippen LogP contribution in [0.2, 0.25) is 0 Å². The Morgan fingerprint density at radius 2 is 2.10 bits per heavy atom. The maximum absolute atomic E-state index is 12.6. The molecule has 2 aliphatic rings. The number of aliphatic carboxylic acids is 1. The Balaban J connectivity index is 1.69. The Morgan fingerprint density at radius 3 is 2.77 bits per heavy atom. The zero-order chi connectivity index (χ0) is 22.5. The van der Waals surface area contributed by atoms with Crippen molar-refractivity contribution in [2.75, 3.05) is 19.5 Å². The number of fused-ring (bicyclic) bond motifs is 1. The first kappa shape index (κ1) is 22.3. The normalized spacial score (nSPS) is 20.2. The molecule has 0 radical (unpaired) electrons. The van der Waals surface area contributed by atoms with E-state index in [-0.39, 0.29) is 30.4 Å². The van der Waals surface area contributed by atoms with Gasteiger partial charge in [0, 0.05) is 18.2 Å². The second-order valence-corrected chi connectivity index (χ2v) is 7.89. The van der Waals surface area contributed by atoms with Gasteiger partial charge >= 0.3 is 11.9 Å². The largest absolute Gasteiger partial charge is 0.477 e. The molecule has 2 aliphatic heterocycles. The minimum atomic E-state index is -1.28. The highest BCUT2D eigenvalue weighted by Crippen LogP contribution is 2.40. The summed E-state index contributed by atoms with van der Waals surface area (Å²) < 4.78 is 4.90. The fourth-order valence-electron chi connectivity index (χ4n) is 3.31. The van der Waals surface area contributed by atoms with Gasteiger partial charge in [0.15, 0.2) is 0 Å². The zero-order valence-electron chi connectivity index (χ0n) is 16.9. The lowest BCUT2D eigenvalue weighted by Gasteiger charge is -2.49. The SMILES string of the molecule is CO/N=C/c1ccccc1CC(=O)N[C@@H]1C(=O)N2C(C(=O)O)=C(COC(C)=O)CS[C@H]12. The predicted octanol–water partition coefficient (Wildman–Crippen LogP) is 0.511. The molecule has 2 atom stereocenters. The third-order valence-corrected chi connectivity index (χ3v) is 6.06. The fourth-order valence-corrected chi connectivity index (χ4v) is 4.64. The number of β-lactam (4-membered cyclic amide) rings is 1. The Labute approximate surface area is 182 Å². The topological polar surface area (TPSA) is 135 Å². The van der Waals surface area contributed by atoms with Crippen LogP contribution < -0.4 is 5.32 Å². The molecule has 2 N–H and O–H groups in total. The number of hydrogen-bond acceptors (Lipinski definition) is 8. The molecular weight excluding hydrogens is 426 g/mol. The van der Waals surface area contributed by atoms with E-state index in [4.69, 9.17) is 4.74 Å². The molecule has 1 saturated heterocycles. The number of nitrogens with one attached hydrogen (secondary N) is 1. The summed E-state index contributed by atoms with van der Waals surface area (Å²) in [5, 5.41) is 15.4. The zero-order valence-corrected chi connectivity index (χ0v) is 17.7. The number of carbonyl (C=O) groups is 4. The minimum Gasteiger partial charge on any atom is -0.477 e. The van der Waals surface area contributed by atoms with Crippen LogP contribution in [0.3, 0.4) is 0 Å². The molecular formula is C20H21N3O7S. The standard InChI is InChI=1S/C20H21N3O7S/c1-11(24)30-9-14-10-31-19-16(18(26)23(19)17(14)20(27)28)22-15(25)7-12-5-3-4-6-13(12)8-21-29-2/h3-6,8,16,19H,7,9-10H2,1-2H3,(H,22,25)(H,27,28)/b21-8+/t16-,19-/m1/s1. The highest BCUT2D eigenvalue weighted by Gasteiger charge is 2.54. The summed E-state index contributed by atoms with van der Waals surface area (Å²) in [5.41, 5.74) is 1.56. The molecule has 0 aromatic heterocycles. The third kappa shape index (κ3) is 4.88. The number of rotatable bonds is 8. The molecule has 1 aromatic carbocycles. The van der Waals surface area contributed by atoms with Crippen molar-refractivity contribution in [3.05, 3.63) is 46.7 Å². The predicted molar refractivity (Wildman–Crippen MR) is 111 cm³/mol. The number of ether oxygens (including phenoxy) is 1. The number of nitrogens with zero attached hydrogens (tertiary/aromatic N) is 2. The van der Waals surface area contributed by atoms with Gasteiger partial charge in [0.05, 0.1) is 12.6 Å². The van der Waals surface area contributed by atoms with Gasteiger partial charge in [-0.2, -0.15) is 0 Å². The molecule has 164 valence electrons. The van der Waals surface area contributed by atoms with Gasteiger partial charge in [-0.25, -0.2) is 4.79 Å². The number of carbonyl (C=O) groups excluding carboxylic acids is 3. The number of thioether (sulfide) groups is 1. The monoisotopic (exact) mass is 447 g/mol. The van der Waals surface area contributed by atoms with Gasteiger partial charge in [0.1, 0.15) is 30.8 Å². The summed E-state index contributed by atoms with van der Waals surface area (Å²) in [6, 6.07) is 6.31. The van der Waals surface area contributed by atoms with E-state index in [1.165, 1.54) is 32.0 Å². The van der Waals surface area contributed by atoms with Gasteiger partial charge in [-0.15, -0.1) is 11.8 Å². The van der Waals surface area contributed by atoms with Crippen molar-refractivity contribution >= 4 is 41.7 Å². The maximum Gasteiger partial charge on any atom is 0.352 e. The highest BCUT2D eigenvalue weighted by molar-refractivity contribution is 8.00. The molecule has 0 bridgehead atoms. The van der Waals surface area contributed by atoms with Crippen LogP contribution >= 0.6 is 11.8 Å². The van der Waals surface area contributed by atoms with Crippen LogP contribution in [0.5, 0.6) is 0 Å². The van der Waals surface area contributed by atoms with Crippen LogP contribution in [0.1, 0.15) is 18.1 Å². The van der Waals surface area contributed by atoms with Gasteiger partial charge < -0.3 is 20.0 Å². The van der Waals surface area contributed by atoms with Gasteiger partial charge in [0.25, 0.3) is 5.91 Å². The van der Waals surface area contributed by atoms with Crippen LogP contribution in [0.15, 0.2) is 40.7 Å². The average Bonchev–Trinajstić information content (AvgIpc) is 2.74. The Bertz CT molecular complexity index is 975. The van der Waals surface area contributed by atoms with E-state index >= 15 is 0 Å². The van der Waals surface area contributed by atoms with Crippen LogP contribution in [0.4, 0.5) is 0 Å². The number of hydrogen-bond donors (Lipinski definition) is 2. The summed E-state index contributed by atoms with van der Waals surface area (Å²) in [6.45, 7) is 1.02. The molecule has 2 amide bonds. The molecule has 0 unspecified atom stereocenters. The van der Waals surface area contributed by atoms with Crippen molar-refractivity contribution in [2.24, 2.45) is 5.16 Å². The molecule has 3 rings (SSSR count). The van der Waals surface area contributed by atoms with E-state index < -0.39 is 29.3 Å². The number of carboxylic acid groups (broad SMARTS) is 1. The lowest BCUT2D eigenvalue weighted by Crippen LogP contribution is -2.70. The van der Waals surface area contributed by atoms with Gasteiger partial charge in [-0.05, 0) is 11.1 Å². The molecule has 0 saturated carbocycles. The molecule has 2 heterocycles. The van der Waals surface area contributed by atoms with Crippen molar-refractivity contribution in [2.45, 2.75) is 24.8 Å². The van der Waals surface area contributed by atoms with Crippen molar-refractivity contribution in [3.8, 4) is 0 Å². The summed E-state index contributed by atoms with van der Waals surface area (Å²) in [6.07, 6.45) is 1.51. The van der Waals surface area contributed by atoms with Crippen molar-refractivity contribution in [1.29, 1.82) is 0 Å². The molecule has 10 nitrogen and oxygen atoms in total. The molecule has 0 aliphatic carbocycles. The fraction of sp³-hybridized carbons (Fsp3) is 0.350. The van der Waals surface area contributed by atoms with Gasteiger partial charge in [-0.3, -0.25) is 19.3 Å². The highest BCUT2D eigenvalue weighted by atomic mass is 32.2. The van der Waals surface area contributed by atoms with Crippen molar-refractivity contribution in [3.63, 3.8) is 0 Å². The maximum atomic E-state index is 12.6. The quantitative estimate of drug-likeness (QED) is 0.255. The lowest BCUT2D eigenvalue weighted by atomic mass is 10.0. The minimum absolute atomic E-state index is 0.0202. The second-order valence-electron chi connectivity index (χ2n) is 6.79. The average molecular weight is 447 g/mol. The number of benzene rings is 1.